The monoisotopic (exact) mass is 344 g/mol. The van der Waals surface area contributed by atoms with Gasteiger partial charge in [0.25, 0.3) is 0 Å². The van der Waals surface area contributed by atoms with E-state index in [1.807, 2.05) is 0 Å². The van der Waals surface area contributed by atoms with Gasteiger partial charge in [0.2, 0.25) is 0 Å². The van der Waals surface area contributed by atoms with Crippen molar-refractivity contribution in [2.75, 3.05) is 7.11 Å². The summed E-state index contributed by atoms with van der Waals surface area (Å²) in [4.78, 5) is 12.2. The van der Waals surface area contributed by atoms with Crippen LogP contribution in [0.5, 0.6) is 5.75 Å². The number of rotatable bonds is 5. The molecule has 0 unspecified atom stereocenters. The second kappa shape index (κ2) is 7.10. The lowest BCUT2D eigenvalue weighted by atomic mass is 10.2. The van der Waals surface area contributed by atoms with E-state index in [0.717, 1.165) is 5.69 Å². The Morgan fingerprint density at radius 1 is 1.21 bits per heavy atom. The molecule has 1 heterocycles. The van der Waals surface area contributed by atoms with Gasteiger partial charge < -0.3 is 9.47 Å². The fourth-order valence-corrected chi connectivity index (χ4v) is 2.31. The maximum atomic E-state index is 12.2. The number of ether oxygens (including phenoxy) is 2. The van der Waals surface area contributed by atoms with E-state index in [1.54, 1.807) is 49.6 Å². The first-order valence-electron chi connectivity index (χ1n) is 7.00. The smallest absolute Gasteiger partial charge is 0.338 e. The minimum absolute atomic E-state index is 0.0668. The van der Waals surface area contributed by atoms with Crippen LogP contribution < -0.4 is 4.74 Å². The van der Waals surface area contributed by atoms with Crippen molar-refractivity contribution in [2.24, 2.45) is 0 Å². The van der Waals surface area contributed by atoms with E-state index in [9.17, 15) is 4.79 Å². The molecule has 0 bridgehead atoms. The summed E-state index contributed by atoms with van der Waals surface area (Å²) in [5.41, 5.74) is 1.87. The van der Waals surface area contributed by atoms with E-state index in [4.69, 9.17) is 21.1 Å². The zero-order chi connectivity index (χ0) is 16.9. The van der Waals surface area contributed by atoms with Crippen LogP contribution in [-0.2, 0) is 11.3 Å². The van der Waals surface area contributed by atoms with Crippen LogP contribution in [-0.4, -0.2) is 33.3 Å². The van der Waals surface area contributed by atoms with Crippen molar-refractivity contribution in [3.05, 3.63) is 64.9 Å². The Labute approximate surface area is 142 Å². The minimum atomic E-state index is -0.444. The molecule has 2 aromatic carbocycles. The molecule has 3 aromatic rings. The number of benzene rings is 2. The highest BCUT2D eigenvalue weighted by Gasteiger charge is 2.11. The second-order valence-corrected chi connectivity index (χ2v) is 5.27. The number of methoxy groups -OCH3 is 1. The van der Waals surface area contributed by atoms with Crippen molar-refractivity contribution in [1.29, 1.82) is 0 Å². The molecule has 0 aliphatic heterocycles. The van der Waals surface area contributed by atoms with Gasteiger partial charge in [0.1, 0.15) is 18.7 Å². The maximum absolute atomic E-state index is 12.2. The highest BCUT2D eigenvalue weighted by molar-refractivity contribution is 6.30. The third-order valence-corrected chi connectivity index (χ3v) is 3.55. The molecule has 0 atom stereocenters. The van der Waals surface area contributed by atoms with Gasteiger partial charge in [-0.15, -0.1) is 5.10 Å². The second-order valence-electron chi connectivity index (χ2n) is 4.83. The van der Waals surface area contributed by atoms with Crippen molar-refractivity contribution in [3.8, 4) is 11.4 Å². The van der Waals surface area contributed by atoms with E-state index in [0.29, 0.717) is 21.9 Å². The molecule has 0 fully saturated rings. The fourth-order valence-electron chi connectivity index (χ4n) is 2.12. The van der Waals surface area contributed by atoms with Crippen molar-refractivity contribution in [3.63, 3.8) is 0 Å². The SMILES string of the molecule is COc1ccc(Cl)cc1COC(=O)c1ccc(-n2cnnn2)cc1. The lowest BCUT2D eigenvalue weighted by molar-refractivity contribution is 0.0470. The zero-order valence-electron chi connectivity index (χ0n) is 12.7. The van der Waals surface area contributed by atoms with Gasteiger partial charge in [-0.1, -0.05) is 11.6 Å². The molecule has 122 valence electrons. The van der Waals surface area contributed by atoms with Crippen molar-refractivity contribution in [2.45, 2.75) is 6.61 Å². The Balaban J connectivity index is 1.68. The minimum Gasteiger partial charge on any atom is -0.496 e. The Morgan fingerprint density at radius 2 is 2.00 bits per heavy atom. The summed E-state index contributed by atoms with van der Waals surface area (Å²) < 4.78 is 12.0. The molecule has 0 spiro atoms. The maximum Gasteiger partial charge on any atom is 0.338 e. The van der Waals surface area contributed by atoms with Gasteiger partial charge in [0.15, 0.2) is 0 Å². The van der Waals surface area contributed by atoms with Crippen LogP contribution in [0.1, 0.15) is 15.9 Å². The van der Waals surface area contributed by atoms with Gasteiger partial charge in [-0.2, -0.15) is 0 Å². The third kappa shape index (κ3) is 3.52. The molecule has 1 aromatic heterocycles. The molecule has 0 saturated carbocycles. The van der Waals surface area contributed by atoms with Crippen LogP contribution in [0.3, 0.4) is 0 Å². The van der Waals surface area contributed by atoms with E-state index < -0.39 is 5.97 Å². The average molecular weight is 345 g/mol. The molecule has 3 rings (SSSR count). The molecule has 0 saturated heterocycles. The van der Waals surface area contributed by atoms with Crippen molar-refractivity contribution >= 4 is 17.6 Å². The molecular weight excluding hydrogens is 332 g/mol. The van der Waals surface area contributed by atoms with E-state index in [2.05, 4.69) is 15.5 Å². The molecule has 8 heteroatoms. The Morgan fingerprint density at radius 3 is 2.67 bits per heavy atom. The normalized spacial score (nSPS) is 10.4. The Hall–Kier alpha value is -2.93. The number of hydrogen-bond donors (Lipinski definition) is 0. The predicted molar refractivity (Wildman–Crippen MR) is 86.3 cm³/mol. The van der Waals surface area contributed by atoms with E-state index >= 15 is 0 Å². The summed E-state index contributed by atoms with van der Waals surface area (Å²) in [5, 5.41) is 11.4. The highest BCUT2D eigenvalue weighted by Crippen LogP contribution is 2.23. The molecular formula is C16H13ClN4O3. The molecule has 0 amide bonds. The molecule has 24 heavy (non-hydrogen) atoms. The van der Waals surface area contributed by atoms with Gasteiger partial charge in [-0.3, -0.25) is 0 Å². The van der Waals surface area contributed by atoms with E-state index in [-0.39, 0.29) is 6.61 Å². The Bertz CT molecular complexity index is 835. The molecule has 0 aliphatic rings. The standard InChI is InChI=1S/C16H13ClN4O3/c1-23-15-7-4-13(17)8-12(15)9-24-16(22)11-2-5-14(6-3-11)21-10-18-19-20-21/h2-8,10H,9H2,1H3. The van der Waals surface area contributed by atoms with Crippen LogP contribution in [0.25, 0.3) is 5.69 Å². The first-order valence-corrected chi connectivity index (χ1v) is 7.38. The predicted octanol–water partition coefficient (Wildman–Crippen LogP) is 2.68. The van der Waals surface area contributed by atoms with Crippen LogP contribution in [0.4, 0.5) is 0 Å². The number of carbonyl (C=O) groups excluding carboxylic acids is 1. The lowest BCUT2D eigenvalue weighted by Crippen LogP contribution is -2.06. The molecule has 7 nitrogen and oxygen atoms in total. The summed E-state index contributed by atoms with van der Waals surface area (Å²) in [6, 6.07) is 11.9. The topological polar surface area (TPSA) is 79.1 Å². The lowest BCUT2D eigenvalue weighted by Gasteiger charge is -2.10. The number of hydrogen-bond acceptors (Lipinski definition) is 6. The van der Waals surface area contributed by atoms with Crippen LogP contribution in [0.15, 0.2) is 48.8 Å². The van der Waals surface area contributed by atoms with Gasteiger partial charge in [0.05, 0.1) is 18.4 Å². The summed E-state index contributed by atoms with van der Waals surface area (Å²) in [6.07, 6.45) is 1.47. The number of carbonyl (C=O) groups is 1. The summed E-state index contributed by atoms with van der Waals surface area (Å²) in [7, 11) is 1.55. The average Bonchev–Trinajstić information content (AvgIpc) is 3.14. The van der Waals surface area contributed by atoms with Crippen molar-refractivity contribution < 1.29 is 14.3 Å². The first-order chi connectivity index (χ1) is 11.7. The fraction of sp³-hybridized carbons (Fsp3) is 0.125. The largest absolute Gasteiger partial charge is 0.496 e. The summed E-state index contributed by atoms with van der Waals surface area (Å²) in [5.74, 6) is 0.168. The molecule has 0 aliphatic carbocycles. The quantitative estimate of drug-likeness (QED) is 0.662. The number of nitrogens with zero attached hydrogens (tertiary/aromatic N) is 4. The number of esters is 1. The van der Waals surface area contributed by atoms with Crippen LogP contribution in [0.2, 0.25) is 5.02 Å². The third-order valence-electron chi connectivity index (χ3n) is 3.32. The molecule has 0 radical (unpaired) electrons. The first kappa shape index (κ1) is 15.9. The van der Waals surface area contributed by atoms with Crippen LogP contribution >= 0.6 is 11.6 Å². The zero-order valence-corrected chi connectivity index (χ0v) is 13.5. The van der Waals surface area contributed by atoms with Crippen molar-refractivity contribution in [1.82, 2.24) is 20.2 Å². The Kier molecular flexibility index (Phi) is 4.72. The summed E-state index contributed by atoms with van der Waals surface area (Å²) >= 11 is 5.96. The number of halogens is 1. The molecule has 0 N–H and O–H groups in total. The van der Waals surface area contributed by atoms with Gasteiger partial charge in [-0.25, -0.2) is 9.48 Å². The number of aromatic nitrogens is 4. The van der Waals surface area contributed by atoms with Crippen LogP contribution in [0, 0.1) is 0 Å². The summed E-state index contributed by atoms with van der Waals surface area (Å²) in [6.45, 7) is 0.0668. The highest BCUT2D eigenvalue weighted by atomic mass is 35.5. The van der Waals surface area contributed by atoms with Gasteiger partial charge >= 0.3 is 5.97 Å². The van der Waals surface area contributed by atoms with Gasteiger partial charge in [0, 0.05) is 10.6 Å². The van der Waals surface area contributed by atoms with Gasteiger partial charge in [-0.05, 0) is 52.9 Å². The number of tetrazole rings is 1. The van der Waals surface area contributed by atoms with E-state index in [1.165, 1.54) is 11.0 Å².